The molecule has 0 amide bonds. The third kappa shape index (κ3) is 3.19. The lowest BCUT2D eigenvalue weighted by molar-refractivity contribution is -0.262. The molecule has 0 aromatic carbocycles. The average molecular weight is 461 g/mol. The molecule has 5 nitrogen and oxygen atoms in total. The Morgan fingerprint density at radius 3 is 2.59 bits per heavy atom. The summed E-state index contributed by atoms with van der Waals surface area (Å²) in [5.74, 6) is 1.63. The molecule has 2 spiro atoms. The van der Waals surface area contributed by atoms with E-state index in [9.17, 15) is 4.79 Å². The molecule has 0 aromatic rings. The standard InChI is InChI=1S/C26H40O5Si/c1-24-10-9-20-18-6-5-17-16-25(28-13-14-29-25)11-12-26(17,20)30-23(31-32(2,3)4)15-22(27)21(24)8-7-19(18)24/h9,17-19,21,23H,5-8,10-16H2,1-4H3/t17?,18-,19?,21+,23?,24-,26+/m0/s1. The molecule has 0 radical (unpaired) electrons. The van der Waals surface area contributed by atoms with E-state index in [0.717, 1.165) is 38.5 Å². The molecule has 32 heavy (non-hydrogen) atoms. The minimum atomic E-state index is -1.88. The molecule has 6 heteroatoms. The summed E-state index contributed by atoms with van der Waals surface area (Å²) in [6.45, 7) is 10.4. The molecule has 4 fully saturated rings. The molecular weight excluding hydrogens is 420 g/mol. The van der Waals surface area contributed by atoms with Crippen molar-refractivity contribution in [3.05, 3.63) is 11.6 Å². The Hall–Kier alpha value is -0.533. The minimum absolute atomic E-state index is 0.105. The van der Waals surface area contributed by atoms with Crippen molar-refractivity contribution in [1.29, 1.82) is 0 Å². The van der Waals surface area contributed by atoms with Crippen molar-refractivity contribution in [1.82, 2.24) is 0 Å². The summed E-state index contributed by atoms with van der Waals surface area (Å²) in [7, 11) is -1.88. The number of hydrogen-bond donors (Lipinski definition) is 0. The van der Waals surface area contributed by atoms with Gasteiger partial charge in [-0.3, -0.25) is 4.79 Å². The van der Waals surface area contributed by atoms with E-state index in [1.165, 1.54) is 12.8 Å². The van der Waals surface area contributed by atoms with Gasteiger partial charge in [0.15, 0.2) is 20.4 Å². The monoisotopic (exact) mass is 460 g/mol. The van der Waals surface area contributed by atoms with E-state index in [4.69, 9.17) is 18.6 Å². The average Bonchev–Trinajstić information content (AvgIpc) is 3.30. The molecule has 2 bridgehead atoms. The van der Waals surface area contributed by atoms with Crippen LogP contribution in [-0.4, -0.2) is 45.0 Å². The molecule has 2 aliphatic heterocycles. The lowest BCUT2D eigenvalue weighted by Gasteiger charge is -2.59. The Morgan fingerprint density at radius 2 is 1.84 bits per heavy atom. The smallest absolute Gasteiger partial charge is 0.187 e. The summed E-state index contributed by atoms with van der Waals surface area (Å²) in [4.78, 5) is 13.7. The zero-order valence-corrected chi connectivity index (χ0v) is 21.3. The van der Waals surface area contributed by atoms with E-state index >= 15 is 0 Å². The van der Waals surface area contributed by atoms with Crippen molar-refractivity contribution in [2.24, 2.45) is 29.1 Å². The van der Waals surface area contributed by atoms with Crippen molar-refractivity contribution >= 4 is 14.1 Å². The fraction of sp³-hybridized carbons (Fsp3) is 0.885. The predicted octanol–water partition coefficient (Wildman–Crippen LogP) is 5.21. The summed E-state index contributed by atoms with van der Waals surface area (Å²) in [6.07, 6.45) is 10.8. The maximum Gasteiger partial charge on any atom is 0.187 e. The molecule has 0 N–H and O–H groups in total. The van der Waals surface area contributed by atoms with Crippen molar-refractivity contribution in [3.63, 3.8) is 0 Å². The highest BCUT2D eigenvalue weighted by molar-refractivity contribution is 6.69. The minimum Gasteiger partial charge on any atom is -0.393 e. The molecule has 0 aromatic heterocycles. The summed E-state index contributed by atoms with van der Waals surface area (Å²) in [5, 5.41) is 0. The maximum atomic E-state index is 13.7. The van der Waals surface area contributed by atoms with Crippen LogP contribution in [0.25, 0.3) is 0 Å². The van der Waals surface area contributed by atoms with Gasteiger partial charge in [0.2, 0.25) is 0 Å². The molecule has 6 aliphatic rings. The van der Waals surface area contributed by atoms with Crippen LogP contribution < -0.4 is 0 Å². The zero-order valence-electron chi connectivity index (χ0n) is 20.3. The zero-order chi connectivity index (χ0) is 22.4. The van der Waals surface area contributed by atoms with Crippen LogP contribution in [0.2, 0.25) is 19.6 Å². The topological polar surface area (TPSA) is 54.0 Å². The Labute approximate surface area is 193 Å². The van der Waals surface area contributed by atoms with Crippen LogP contribution in [0.3, 0.4) is 0 Å². The number of ketones is 1. The van der Waals surface area contributed by atoms with Crippen molar-refractivity contribution in [2.75, 3.05) is 13.2 Å². The highest BCUT2D eigenvalue weighted by Crippen LogP contribution is 2.66. The highest BCUT2D eigenvalue weighted by Gasteiger charge is 2.64. The number of hydrogen-bond acceptors (Lipinski definition) is 5. The number of carbonyl (C=O) groups excluding carboxylic acids is 1. The van der Waals surface area contributed by atoms with Crippen molar-refractivity contribution in [3.8, 4) is 0 Å². The second kappa shape index (κ2) is 7.24. The van der Waals surface area contributed by atoms with Gasteiger partial charge in [0.05, 0.1) is 25.2 Å². The fourth-order valence-corrected chi connectivity index (χ4v) is 9.55. The van der Waals surface area contributed by atoms with Gasteiger partial charge in [-0.15, -0.1) is 0 Å². The summed E-state index contributed by atoms with van der Waals surface area (Å²) in [5.41, 5.74) is 1.32. The number of allylic oxidation sites excluding steroid dienone is 1. The number of rotatable bonds is 2. The molecule has 7 atom stereocenters. The first-order valence-corrected chi connectivity index (χ1v) is 16.4. The highest BCUT2D eigenvalue weighted by atomic mass is 28.4. The SMILES string of the molecule is C[C@@]12CC=C3[C@H]4CCC5CC6(CC[C@]35OC(O[Si](C)(C)C)CC(=O)[C@H]1CCC42)OCCO6. The largest absolute Gasteiger partial charge is 0.393 e. The second-order valence-corrected chi connectivity index (χ2v) is 17.1. The predicted molar refractivity (Wildman–Crippen MR) is 123 cm³/mol. The quantitative estimate of drug-likeness (QED) is 0.418. The molecule has 2 heterocycles. The van der Waals surface area contributed by atoms with E-state index in [2.05, 4.69) is 32.6 Å². The summed E-state index contributed by atoms with van der Waals surface area (Å²) < 4.78 is 26.0. The van der Waals surface area contributed by atoms with Crippen LogP contribution in [0.5, 0.6) is 0 Å². The van der Waals surface area contributed by atoms with Gasteiger partial charge in [-0.25, -0.2) is 0 Å². The van der Waals surface area contributed by atoms with E-state index < -0.39 is 20.4 Å². The number of fused-ring (bicyclic) bond motifs is 2. The molecule has 4 aliphatic carbocycles. The van der Waals surface area contributed by atoms with Crippen LogP contribution in [0.4, 0.5) is 0 Å². The van der Waals surface area contributed by atoms with Crippen LogP contribution in [-0.2, 0) is 23.4 Å². The Balaban J connectivity index is 1.44. The number of Topliss-reactive ketones (excluding diaryl/α,β-unsaturated/α-hetero) is 1. The maximum absolute atomic E-state index is 13.7. The third-order valence-corrected chi connectivity index (χ3v) is 10.8. The Bertz CT molecular complexity index is 827. The lowest BCUT2D eigenvalue weighted by Crippen LogP contribution is -2.60. The van der Waals surface area contributed by atoms with Gasteiger partial charge in [-0.2, -0.15) is 0 Å². The van der Waals surface area contributed by atoms with E-state index in [1.807, 2.05) is 0 Å². The van der Waals surface area contributed by atoms with E-state index in [1.54, 1.807) is 5.57 Å². The Kier molecular flexibility index (Phi) is 4.97. The van der Waals surface area contributed by atoms with E-state index in [0.29, 0.717) is 43.2 Å². The summed E-state index contributed by atoms with van der Waals surface area (Å²) in [6, 6.07) is 0. The van der Waals surface area contributed by atoms with Crippen molar-refractivity contribution < 1.29 is 23.4 Å². The molecule has 6 rings (SSSR count). The number of ether oxygens (including phenoxy) is 3. The van der Waals surface area contributed by atoms with Gasteiger partial charge in [0.25, 0.3) is 0 Å². The first-order valence-electron chi connectivity index (χ1n) is 13.0. The second-order valence-electron chi connectivity index (χ2n) is 12.6. The fourth-order valence-electron chi connectivity index (χ4n) is 8.63. The van der Waals surface area contributed by atoms with Gasteiger partial charge in [0, 0.05) is 18.8 Å². The first kappa shape index (κ1) is 22.0. The number of carbonyl (C=O) groups is 1. The first-order chi connectivity index (χ1) is 15.1. The normalized spacial score (nSPS) is 47.4. The van der Waals surface area contributed by atoms with Crippen molar-refractivity contribution in [2.45, 2.75) is 102 Å². The van der Waals surface area contributed by atoms with Crippen LogP contribution >= 0.6 is 0 Å². The van der Waals surface area contributed by atoms with Gasteiger partial charge in [0.1, 0.15) is 5.78 Å². The Morgan fingerprint density at radius 1 is 1.06 bits per heavy atom. The van der Waals surface area contributed by atoms with Gasteiger partial charge >= 0.3 is 0 Å². The molecule has 3 saturated carbocycles. The third-order valence-electron chi connectivity index (χ3n) is 9.86. The summed E-state index contributed by atoms with van der Waals surface area (Å²) >= 11 is 0. The molecule has 1 saturated heterocycles. The molecule has 3 unspecified atom stereocenters. The molecular formula is C26H40O5Si. The van der Waals surface area contributed by atoms with Crippen LogP contribution in [0, 0.1) is 29.1 Å². The van der Waals surface area contributed by atoms with Gasteiger partial charge in [-0.05, 0) is 86.9 Å². The van der Waals surface area contributed by atoms with Gasteiger partial charge in [-0.1, -0.05) is 13.0 Å². The van der Waals surface area contributed by atoms with E-state index in [-0.39, 0.29) is 16.9 Å². The van der Waals surface area contributed by atoms with Crippen LogP contribution in [0.15, 0.2) is 11.6 Å². The lowest BCUT2D eigenvalue weighted by atomic mass is 9.51. The van der Waals surface area contributed by atoms with Gasteiger partial charge < -0.3 is 18.6 Å². The molecule has 178 valence electrons. The van der Waals surface area contributed by atoms with Crippen LogP contribution in [0.1, 0.15) is 64.7 Å².